The molecule has 0 atom stereocenters. The molecule has 0 amide bonds. The van der Waals surface area contributed by atoms with E-state index < -0.39 is 0 Å². The molecule has 0 radical (unpaired) electrons. The Morgan fingerprint density at radius 2 is 0.520 bits per heavy atom. The fraction of sp³-hybridized carbons (Fsp3) is 0.662. The molecule has 75 heavy (non-hydrogen) atoms. The molecule has 6 aliphatic carbocycles. The lowest BCUT2D eigenvalue weighted by Crippen LogP contribution is -2.44. The van der Waals surface area contributed by atoms with Gasteiger partial charge in [0, 0.05) is 33.1 Å². The lowest BCUT2D eigenvalue weighted by atomic mass is 9.51. The van der Waals surface area contributed by atoms with Crippen LogP contribution in [0.25, 0.3) is 0 Å². The number of benzene rings is 4. The maximum atomic E-state index is 11.9. The van der Waals surface area contributed by atoms with E-state index in [2.05, 4.69) is 93.5 Å². The summed E-state index contributed by atoms with van der Waals surface area (Å²) < 4.78 is 0. The third-order valence-corrected chi connectivity index (χ3v) is 23.0. The van der Waals surface area contributed by atoms with Crippen molar-refractivity contribution in [3.05, 3.63) is 113 Å². The van der Waals surface area contributed by atoms with Gasteiger partial charge in [0.1, 0.15) is 23.0 Å². The van der Waals surface area contributed by atoms with Gasteiger partial charge in [-0.3, -0.25) is 0 Å². The molecule has 0 aliphatic heterocycles. The Hall–Kier alpha value is -3.92. The average molecular weight is 1020 g/mol. The normalized spacial score (nSPS) is 22.2. The minimum atomic E-state index is -0.210. The van der Waals surface area contributed by atoms with E-state index in [1.54, 1.807) is 0 Å². The van der Waals surface area contributed by atoms with Gasteiger partial charge in [0.15, 0.2) is 0 Å². The van der Waals surface area contributed by atoms with Crippen LogP contribution in [0.1, 0.15) is 306 Å². The van der Waals surface area contributed by atoms with E-state index in [4.69, 9.17) is 0 Å². The highest BCUT2D eigenvalue weighted by Gasteiger charge is 2.51. The lowest BCUT2D eigenvalue weighted by Gasteiger charge is -2.53. The number of aromatic hydroxyl groups is 4. The Labute approximate surface area is 455 Å². The van der Waals surface area contributed by atoms with Gasteiger partial charge in [-0.25, -0.2) is 0 Å². The van der Waals surface area contributed by atoms with Crippen molar-refractivity contribution in [2.75, 3.05) is 0 Å². The van der Waals surface area contributed by atoms with Crippen LogP contribution in [-0.2, 0) is 10.8 Å². The molecular weight excluding hydrogens is 917 g/mol. The van der Waals surface area contributed by atoms with Gasteiger partial charge in [-0.1, -0.05) is 90.9 Å². The maximum Gasteiger partial charge on any atom is 0.119 e. The highest BCUT2D eigenvalue weighted by molar-refractivity contribution is 5.64. The van der Waals surface area contributed by atoms with Crippen molar-refractivity contribution in [3.63, 3.8) is 0 Å². The quantitative estimate of drug-likeness (QED) is 0.128. The van der Waals surface area contributed by atoms with E-state index in [9.17, 15) is 20.4 Å². The molecule has 0 aromatic heterocycles. The summed E-state index contributed by atoms with van der Waals surface area (Å²) in [4.78, 5) is 0. The summed E-state index contributed by atoms with van der Waals surface area (Å²) in [5, 5.41) is 47.7. The van der Waals surface area contributed by atoms with E-state index in [0.717, 1.165) is 103 Å². The number of phenols is 4. The van der Waals surface area contributed by atoms with Crippen LogP contribution in [0.2, 0.25) is 0 Å². The van der Waals surface area contributed by atoms with Crippen LogP contribution >= 0.6 is 0 Å². The zero-order valence-electron chi connectivity index (χ0n) is 48.9. The Morgan fingerprint density at radius 3 is 0.720 bits per heavy atom. The molecule has 4 heteroatoms. The van der Waals surface area contributed by atoms with Crippen molar-refractivity contribution in [2.24, 2.45) is 17.3 Å². The number of aryl methyl sites for hydroxylation is 4. The molecule has 4 aromatic carbocycles. The largest absolute Gasteiger partial charge is 0.508 e. The maximum absolute atomic E-state index is 11.9. The lowest BCUT2D eigenvalue weighted by molar-refractivity contribution is 0.0359. The predicted octanol–water partition coefficient (Wildman–Crippen LogP) is 19.8. The number of phenolic OH excluding ortho intramolecular Hbond substituents is 4. The first-order valence-electron chi connectivity index (χ1n) is 31.2. The van der Waals surface area contributed by atoms with Crippen LogP contribution in [-0.4, -0.2) is 20.4 Å². The molecule has 4 aromatic rings. The third-order valence-electron chi connectivity index (χ3n) is 23.0. The van der Waals surface area contributed by atoms with Gasteiger partial charge < -0.3 is 20.4 Å². The zero-order valence-corrected chi connectivity index (χ0v) is 48.9. The molecule has 4 nitrogen and oxygen atoms in total. The molecule has 6 fully saturated rings. The van der Waals surface area contributed by atoms with Crippen molar-refractivity contribution in [3.8, 4) is 23.0 Å². The van der Waals surface area contributed by atoms with E-state index in [0.29, 0.717) is 58.5 Å². The summed E-state index contributed by atoms with van der Waals surface area (Å²) in [6.45, 7) is 23.9. The van der Waals surface area contributed by atoms with Gasteiger partial charge in [-0.2, -0.15) is 0 Å². The third kappa shape index (κ3) is 9.59. The minimum absolute atomic E-state index is 0.121. The van der Waals surface area contributed by atoms with Crippen molar-refractivity contribution < 1.29 is 20.4 Å². The summed E-state index contributed by atoms with van der Waals surface area (Å²) in [6.07, 6.45) is 33.3. The first kappa shape index (κ1) is 54.4. The number of hydrogen-bond acceptors (Lipinski definition) is 4. The summed E-state index contributed by atoms with van der Waals surface area (Å²) in [5.74, 6) is 4.79. The fourth-order valence-corrected chi connectivity index (χ4v) is 19.8. The molecular formula is C71H100O4. The van der Waals surface area contributed by atoms with Gasteiger partial charge in [0.05, 0.1) is 0 Å². The summed E-state index contributed by atoms with van der Waals surface area (Å²) >= 11 is 0. The standard InChI is InChI=1S/C71H100O4/c1-43-39-57(72)61(51-23-15-11-16-24-51)47(5)65(43)70(66-44(2)40-58(73)62(48(66)6)52-25-17-12-18-26-52)35-31-55(32-36-70)69(9,10)56-33-37-71(38-34-56,67-45(3)41-59(74)63(49(67)7)53-27-19-13-20-28-53)68-46(4)42-60(75)64(50(68)8)54-29-21-14-22-30-54/h39-42,51-56,72-75H,11-38H2,1-10H3. The summed E-state index contributed by atoms with van der Waals surface area (Å²) in [5.41, 5.74) is 20.8. The number of hydrogen-bond donors (Lipinski definition) is 4. The van der Waals surface area contributed by atoms with Gasteiger partial charge >= 0.3 is 0 Å². The van der Waals surface area contributed by atoms with Crippen molar-refractivity contribution in [1.29, 1.82) is 0 Å². The fourth-order valence-electron chi connectivity index (χ4n) is 19.8. The molecule has 6 aliphatic rings. The van der Waals surface area contributed by atoms with Crippen LogP contribution in [0.5, 0.6) is 23.0 Å². The van der Waals surface area contributed by atoms with Gasteiger partial charge in [0.25, 0.3) is 0 Å². The van der Waals surface area contributed by atoms with Crippen LogP contribution in [0.3, 0.4) is 0 Å². The first-order valence-corrected chi connectivity index (χ1v) is 31.2. The predicted molar refractivity (Wildman–Crippen MR) is 313 cm³/mol. The number of rotatable bonds is 10. The summed E-state index contributed by atoms with van der Waals surface area (Å²) in [7, 11) is 0. The van der Waals surface area contributed by atoms with E-state index in [1.807, 2.05) is 0 Å². The average Bonchev–Trinajstić information content (AvgIpc) is 3.38. The molecule has 4 N–H and O–H groups in total. The van der Waals surface area contributed by atoms with Gasteiger partial charge in [0.2, 0.25) is 0 Å². The van der Waals surface area contributed by atoms with Crippen molar-refractivity contribution >= 4 is 0 Å². The van der Waals surface area contributed by atoms with Gasteiger partial charge in [-0.05, 0) is 290 Å². The van der Waals surface area contributed by atoms with E-state index in [1.165, 1.54) is 166 Å². The highest BCUT2D eigenvalue weighted by Crippen LogP contribution is 2.62. The molecule has 0 heterocycles. The zero-order chi connectivity index (χ0) is 53.1. The SMILES string of the molecule is Cc1cc(O)c(C2CCCCC2)c(C)c1C1(c2c(C)cc(O)c(C3CCCCC3)c2C)CCC(C(C)(C)C2CCC(c3c(C)cc(O)c(C4CCCCC4)c3C)(c3c(C)cc(O)c(C4CCCCC4)c3C)CC2)CC1. The highest BCUT2D eigenvalue weighted by atomic mass is 16.3. The van der Waals surface area contributed by atoms with Crippen LogP contribution in [0.15, 0.2) is 24.3 Å². The molecule has 0 saturated heterocycles. The Kier molecular flexibility index (Phi) is 15.8. The smallest absolute Gasteiger partial charge is 0.119 e. The topological polar surface area (TPSA) is 80.9 Å². The monoisotopic (exact) mass is 1020 g/mol. The van der Waals surface area contributed by atoms with Crippen LogP contribution < -0.4 is 0 Å². The second kappa shape index (κ2) is 21.7. The van der Waals surface area contributed by atoms with Crippen LogP contribution in [0.4, 0.5) is 0 Å². The molecule has 10 rings (SSSR count). The second-order valence-corrected chi connectivity index (χ2v) is 27.4. The van der Waals surface area contributed by atoms with Crippen LogP contribution in [0, 0.1) is 72.6 Å². The van der Waals surface area contributed by atoms with Crippen molar-refractivity contribution in [1.82, 2.24) is 0 Å². The van der Waals surface area contributed by atoms with E-state index in [-0.39, 0.29) is 16.2 Å². The van der Waals surface area contributed by atoms with Gasteiger partial charge in [-0.15, -0.1) is 0 Å². The molecule has 6 saturated carbocycles. The van der Waals surface area contributed by atoms with E-state index >= 15 is 0 Å². The minimum Gasteiger partial charge on any atom is -0.508 e. The Balaban J connectivity index is 1.03. The first-order chi connectivity index (χ1) is 35.9. The molecule has 0 spiro atoms. The molecule has 408 valence electrons. The molecule has 0 unspecified atom stereocenters. The Morgan fingerprint density at radius 1 is 0.320 bits per heavy atom. The Bertz CT molecular complexity index is 2360. The second-order valence-electron chi connectivity index (χ2n) is 27.4. The summed E-state index contributed by atoms with van der Waals surface area (Å²) in [6, 6.07) is 8.60. The molecule has 0 bridgehead atoms. The van der Waals surface area contributed by atoms with Crippen molar-refractivity contribution in [2.45, 2.75) is 284 Å².